The Balaban J connectivity index is 1.83. The quantitative estimate of drug-likeness (QED) is 0.805. The summed E-state index contributed by atoms with van der Waals surface area (Å²) >= 11 is 0. The second-order valence-corrected chi connectivity index (χ2v) is 6.71. The summed E-state index contributed by atoms with van der Waals surface area (Å²) in [7, 11) is -3.48. The van der Waals surface area contributed by atoms with Gasteiger partial charge in [-0.15, -0.1) is 0 Å². The SMILES string of the molecule is Nc1cc2c(cc1NS(=O)(=O)C1CCOCC1)OCO2. The van der Waals surface area contributed by atoms with Crippen LogP contribution in [0.15, 0.2) is 12.1 Å². The number of anilines is 2. The fourth-order valence-corrected chi connectivity index (χ4v) is 3.73. The van der Waals surface area contributed by atoms with Gasteiger partial charge in [0.2, 0.25) is 16.8 Å². The van der Waals surface area contributed by atoms with Crippen LogP contribution in [0.25, 0.3) is 0 Å². The summed E-state index contributed by atoms with van der Waals surface area (Å²) in [6, 6.07) is 3.11. The van der Waals surface area contributed by atoms with E-state index in [0.29, 0.717) is 48.9 Å². The highest BCUT2D eigenvalue weighted by molar-refractivity contribution is 7.93. The number of nitrogens with two attached hydrogens (primary N) is 1. The average molecular weight is 300 g/mol. The fourth-order valence-electron chi connectivity index (χ4n) is 2.27. The maximum Gasteiger partial charge on any atom is 0.235 e. The molecule has 0 aromatic heterocycles. The second kappa shape index (κ2) is 5.02. The highest BCUT2D eigenvalue weighted by Gasteiger charge is 2.29. The number of nitrogen functional groups attached to an aromatic ring is 1. The van der Waals surface area contributed by atoms with Crippen molar-refractivity contribution >= 4 is 21.4 Å². The first-order valence-electron chi connectivity index (χ1n) is 6.35. The van der Waals surface area contributed by atoms with Crippen LogP contribution in [0, 0.1) is 0 Å². The molecule has 1 fully saturated rings. The molecule has 0 radical (unpaired) electrons. The molecule has 20 heavy (non-hydrogen) atoms. The van der Waals surface area contributed by atoms with Crippen LogP contribution in [0.5, 0.6) is 11.5 Å². The number of hydrogen-bond acceptors (Lipinski definition) is 6. The molecular weight excluding hydrogens is 284 g/mol. The van der Waals surface area contributed by atoms with Gasteiger partial charge in [0.1, 0.15) is 0 Å². The van der Waals surface area contributed by atoms with Crippen LogP contribution in [0.1, 0.15) is 12.8 Å². The number of fused-ring (bicyclic) bond motifs is 1. The van der Waals surface area contributed by atoms with Crippen LogP contribution >= 0.6 is 0 Å². The molecule has 0 bridgehead atoms. The van der Waals surface area contributed by atoms with E-state index in [1.165, 1.54) is 0 Å². The molecule has 0 aliphatic carbocycles. The monoisotopic (exact) mass is 300 g/mol. The zero-order valence-corrected chi connectivity index (χ0v) is 11.6. The van der Waals surface area contributed by atoms with Crippen LogP contribution in [0.2, 0.25) is 0 Å². The molecule has 2 aliphatic rings. The number of hydrogen-bond donors (Lipinski definition) is 2. The highest BCUT2D eigenvalue weighted by Crippen LogP contribution is 2.39. The van der Waals surface area contributed by atoms with Crippen LogP contribution in [-0.4, -0.2) is 33.7 Å². The number of sulfonamides is 1. The molecule has 0 saturated carbocycles. The van der Waals surface area contributed by atoms with Crippen LogP contribution < -0.4 is 19.9 Å². The topological polar surface area (TPSA) is 99.9 Å². The van der Waals surface area contributed by atoms with Gasteiger partial charge in [0, 0.05) is 25.3 Å². The van der Waals surface area contributed by atoms with E-state index in [1.807, 2.05) is 0 Å². The molecule has 0 spiro atoms. The highest BCUT2D eigenvalue weighted by atomic mass is 32.2. The lowest BCUT2D eigenvalue weighted by Gasteiger charge is -2.23. The first-order valence-corrected chi connectivity index (χ1v) is 7.89. The van der Waals surface area contributed by atoms with Crippen LogP contribution in [-0.2, 0) is 14.8 Å². The van der Waals surface area contributed by atoms with E-state index < -0.39 is 15.3 Å². The molecule has 2 aliphatic heterocycles. The molecule has 8 heteroatoms. The molecule has 1 saturated heterocycles. The molecule has 110 valence electrons. The van der Waals surface area contributed by atoms with Gasteiger partial charge in [-0.2, -0.15) is 0 Å². The maximum absolute atomic E-state index is 12.3. The Bertz CT molecular complexity index is 611. The maximum atomic E-state index is 12.3. The zero-order valence-electron chi connectivity index (χ0n) is 10.8. The summed E-state index contributed by atoms with van der Waals surface area (Å²) in [4.78, 5) is 0. The first-order chi connectivity index (χ1) is 9.56. The van der Waals surface area contributed by atoms with Crippen molar-refractivity contribution in [3.8, 4) is 11.5 Å². The summed E-state index contributed by atoms with van der Waals surface area (Å²) in [5.74, 6) is 1.01. The second-order valence-electron chi connectivity index (χ2n) is 4.75. The summed E-state index contributed by atoms with van der Waals surface area (Å²) < 4.78 is 42.8. The van der Waals surface area contributed by atoms with Crippen LogP contribution in [0.3, 0.4) is 0 Å². The lowest BCUT2D eigenvalue weighted by atomic mass is 10.2. The van der Waals surface area contributed by atoms with E-state index in [0.717, 1.165) is 0 Å². The Morgan fingerprint density at radius 1 is 1.15 bits per heavy atom. The average Bonchev–Trinajstić information content (AvgIpc) is 2.87. The van der Waals surface area contributed by atoms with Gasteiger partial charge in [-0.05, 0) is 12.8 Å². The Morgan fingerprint density at radius 2 is 1.80 bits per heavy atom. The third-order valence-electron chi connectivity index (χ3n) is 3.40. The summed E-state index contributed by atoms with van der Waals surface area (Å²) in [6.07, 6.45) is 0.972. The standard InChI is InChI=1S/C12H16N2O5S/c13-9-5-11-12(19-7-18-11)6-10(9)14-20(15,16)8-1-3-17-4-2-8/h5-6,8,14H,1-4,7,13H2. The minimum absolute atomic E-state index is 0.116. The fraction of sp³-hybridized carbons (Fsp3) is 0.500. The Hall–Kier alpha value is -1.67. The van der Waals surface area contributed by atoms with E-state index in [1.54, 1.807) is 12.1 Å². The van der Waals surface area contributed by atoms with Crippen molar-refractivity contribution in [1.29, 1.82) is 0 Å². The summed E-state index contributed by atoms with van der Waals surface area (Å²) in [5.41, 5.74) is 6.47. The van der Waals surface area contributed by atoms with E-state index >= 15 is 0 Å². The van der Waals surface area contributed by atoms with Gasteiger partial charge < -0.3 is 19.9 Å². The van der Waals surface area contributed by atoms with E-state index in [2.05, 4.69) is 4.72 Å². The van der Waals surface area contributed by atoms with E-state index in [9.17, 15) is 8.42 Å². The van der Waals surface area contributed by atoms with E-state index in [-0.39, 0.29) is 6.79 Å². The zero-order chi connectivity index (χ0) is 14.2. The molecule has 2 heterocycles. The van der Waals surface area contributed by atoms with Crippen LogP contribution in [0.4, 0.5) is 11.4 Å². The molecule has 1 aromatic rings. The predicted molar refractivity (Wildman–Crippen MR) is 73.4 cm³/mol. The normalized spacial score (nSPS) is 19.0. The lowest BCUT2D eigenvalue weighted by molar-refractivity contribution is 0.0984. The largest absolute Gasteiger partial charge is 0.454 e. The molecule has 0 unspecified atom stereocenters. The lowest BCUT2D eigenvalue weighted by Crippen LogP contribution is -2.33. The van der Waals surface area contributed by atoms with Crippen molar-refractivity contribution in [2.45, 2.75) is 18.1 Å². The Morgan fingerprint density at radius 3 is 2.50 bits per heavy atom. The summed E-state index contributed by atoms with van der Waals surface area (Å²) in [6.45, 7) is 1.04. The third kappa shape index (κ3) is 2.48. The molecular formula is C12H16N2O5S. The van der Waals surface area contributed by atoms with Crippen molar-refractivity contribution in [1.82, 2.24) is 0 Å². The summed E-state index contributed by atoms with van der Waals surface area (Å²) in [5, 5.41) is -0.457. The van der Waals surface area contributed by atoms with E-state index in [4.69, 9.17) is 19.9 Å². The number of rotatable bonds is 3. The first kappa shape index (κ1) is 13.3. The van der Waals surface area contributed by atoms with Gasteiger partial charge in [0.15, 0.2) is 11.5 Å². The van der Waals surface area contributed by atoms with Gasteiger partial charge in [-0.1, -0.05) is 0 Å². The minimum Gasteiger partial charge on any atom is -0.454 e. The smallest absolute Gasteiger partial charge is 0.235 e. The molecule has 1 aromatic carbocycles. The molecule has 7 nitrogen and oxygen atoms in total. The number of ether oxygens (including phenoxy) is 3. The van der Waals surface area contributed by atoms with Gasteiger partial charge >= 0.3 is 0 Å². The van der Waals surface area contributed by atoms with Gasteiger partial charge in [0.25, 0.3) is 0 Å². The van der Waals surface area contributed by atoms with Gasteiger partial charge in [0.05, 0.1) is 16.6 Å². The molecule has 3 rings (SSSR count). The molecule has 0 atom stereocenters. The van der Waals surface area contributed by atoms with Crippen molar-refractivity contribution < 1.29 is 22.6 Å². The van der Waals surface area contributed by atoms with Gasteiger partial charge in [-0.3, -0.25) is 4.72 Å². The van der Waals surface area contributed by atoms with Gasteiger partial charge in [-0.25, -0.2) is 8.42 Å². The Labute approximate surface area is 117 Å². The number of benzene rings is 1. The van der Waals surface area contributed by atoms with Crippen molar-refractivity contribution in [2.75, 3.05) is 30.5 Å². The molecule has 3 N–H and O–H groups in total. The minimum atomic E-state index is -3.48. The molecule has 0 amide bonds. The van der Waals surface area contributed by atoms with Crippen molar-refractivity contribution in [3.05, 3.63) is 12.1 Å². The number of nitrogens with one attached hydrogen (secondary N) is 1. The van der Waals surface area contributed by atoms with Crippen molar-refractivity contribution in [3.63, 3.8) is 0 Å². The predicted octanol–water partition coefficient (Wildman–Crippen LogP) is 0.918. The third-order valence-corrected chi connectivity index (χ3v) is 5.26. The Kier molecular flexibility index (Phi) is 3.35. The van der Waals surface area contributed by atoms with Crippen molar-refractivity contribution in [2.24, 2.45) is 0 Å².